The van der Waals surface area contributed by atoms with Gasteiger partial charge < -0.3 is 15.0 Å². The number of rotatable bonds is 10. The van der Waals surface area contributed by atoms with Gasteiger partial charge in [-0.3, -0.25) is 9.59 Å². The molecule has 2 aromatic carbocycles. The second-order valence-corrected chi connectivity index (χ2v) is 8.37. The molecule has 0 heterocycles. The lowest BCUT2D eigenvalue weighted by atomic mass is 10.1. The molecule has 0 radical (unpaired) electrons. The predicted molar refractivity (Wildman–Crippen MR) is 123 cm³/mol. The number of carbonyl (C=O) groups excluding carboxylic acids is 2. The van der Waals surface area contributed by atoms with Gasteiger partial charge in [-0.25, -0.2) is 4.39 Å². The fourth-order valence-electron chi connectivity index (χ4n) is 2.96. The number of halogens is 2. The third-order valence-electron chi connectivity index (χ3n) is 5.22. The molecule has 0 fully saturated rings. The summed E-state index contributed by atoms with van der Waals surface area (Å²) < 4.78 is 20.7. The Kier molecular flexibility index (Phi) is 9.49. The van der Waals surface area contributed by atoms with E-state index < -0.39 is 17.8 Å². The highest BCUT2D eigenvalue weighted by Gasteiger charge is 2.28. The third kappa shape index (κ3) is 7.06. The summed E-state index contributed by atoms with van der Waals surface area (Å²) in [5.74, 6) is -0.573. The van der Waals surface area contributed by atoms with Crippen LogP contribution in [0.2, 0.25) is 0 Å². The zero-order valence-electron chi connectivity index (χ0n) is 18.5. The summed E-state index contributed by atoms with van der Waals surface area (Å²) in [6, 6.07) is 11.1. The van der Waals surface area contributed by atoms with E-state index in [-0.39, 0.29) is 25.1 Å². The Labute approximate surface area is 192 Å². The molecule has 2 rings (SSSR count). The molecule has 0 aliphatic rings. The van der Waals surface area contributed by atoms with E-state index in [1.165, 1.54) is 11.0 Å². The maximum absolute atomic E-state index is 14.2. The largest absolute Gasteiger partial charge is 0.483 e. The highest BCUT2D eigenvalue weighted by Crippen LogP contribution is 2.26. The molecule has 2 amide bonds. The van der Waals surface area contributed by atoms with Crippen molar-refractivity contribution in [3.8, 4) is 5.75 Å². The van der Waals surface area contributed by atoms with Crippen LogP contribution in [0, 0.1) is 5.82 Å². The Bertz CT molecular complexity index is 906. The van der Waals surface area contributed by atoms with Crippen LogP contribution in [0.4, 0.5) is 4.39 Å². The molecule has 5 nitrogen and oxygen atoms in total. The number of hydrogen-bond donors (Lipinski definition) is 1. The van der Waals surface area contributed by atoms with Gasteiger partial charge in [-0.2, -0.15) is 0 Å². The van der Waals surface area contributed by atoms with Gasteiger partial charge in [-0.15, -0.1) is 0 Å². The van der Waals surface area contributed by atoms with Crippen molar-refractivity contribution in [1.29, 1.82) is 0 Å². The lowest BCUT2D eigenvalue weighted by molar-refractivity contribution is -0.142. The number of nitrogens with one attached hydrogen (secondary N) is 1. The van der Waals surface area contributed by atoms with Crippen molar-refractivity contribution >= 4 is 27.7 Å². The van der Waals surface area contributed by atoms with Crippen LogP contribution < -0.4 is 10.1 Å². The first-order valence-electron chi connectivity index (χ1n) is 10.5. The Morgan fingerprint density at radius 3 is 2.48 bits per heavy atom. The van der Waals surface area contributed by atoms with Crippen molar-refractivity contribution in [3.63, 3.8) is 0 Å². The first-order chi connectivity index (χ1) is 14.8. The van der Waals surface area contributed by atoms with Gasteiger partial charge in [0.25, 0.3) is 5.91 Å². The fraction of sp³-hybridized carbons (Fsp3) is 0.417. The van der Waals surface area contributed by atoms with Crippen LogP contribution >= 0.6 is 15.9 Å². The third-order valence-corrected chi connectivity index (χ3v) is 5.84. The molecule has 0 aliphatic heterocycles. The molecule has 0 aliphatic carbocycles. The minimum Gasteiger partial charge on any atom is -0.483 e. The summed E-state index contributed by atoms with van der Waals surface area (Å²) in [5.41, 5.74) is 1.48. The molecular weight excluding hydrogens is 463 g/mol. The van der Waals surface area contributed by atoms with Crippen molar-refractivity contribution in [1.82, 2.24) is 10.2 Å². The normalized spacial score (nSPS) is 12.7. The van der Waals surface area contributed by atoms with Crippen LogP contribution in [0.15, 0.2) is 46.9 Å². The quantitative estimate of drug-likeness (QED) is 0.514. The second-order valence-electron chi connectivity index (χ2n) is 7.51. The molecule has 0 saturated heterocycles. The minimum atomic E-state index is -0.782. The summed E-state index contributed by atoms with van der Waals surface area (Å²) in [7, 11) is 0. The van der Waals surface area contributed by atoms with Gasteiger partial charge in [0, 0.05) is 18.2 Å². The maximum atomic E-state index is 14.2. The summed E-state index contributed by atoms with van der Waals surface area (Å²) in [5, 5.41) is 2.89. The zero-order chi connectivity index (χ0) is 23.0. The van der Waals surface area contributed by atoms with Crippen molar-refractivity contribution < 1.29 is 18.7 Å². The number of ether oxygens (including phenoxy) is 1. The van der Waals surface area contributed by atoms with Gasteiger partial charge in [0.05, 0.1) is 4.47 Å². The van der Waals surface area contributed by atoms with Crippen LogP contribution in [0.25, 0.3) is 0 Å². The Morgan fingerprint density at radius 2 is 1.87 bits per heavy atom. The van der Waals surface area contributed by atoms with E-state index in [0.717, 1.165) is 22.9 Å². The number of amides is 2. The van der Waals surface area contributed by atoms with E-state index in [4.69, 9.17) is 4.74 Å². The number of aryl methyl sites for hydroxylation is 1. The zero-order valence-corrected chi connectivity index (χ0v) is 20.0. The summed E-state index contributed by atoms with van der Waals surface area (Å²) in [4.78, 5) is 27.1. The molecule has 1 N–H and O–H groups in total. The molecule has 7 heteroatoms. The molecule has 0 aromatic heterocycles. The van der Waals surface area contributed by atoms with E-state index >= 15 is 0 Å². The van der Waals surface area contributed by atoms with Crippen LogP contribution in [0.3, 0.4) is 0 Å². The standard InChI is InChI=1S/C24H30BrFN2O3/c1-5-16(3)27-24(30)17(4)28(14-19-9-7-8-10-21(19)26)23(29)15-31-22-12-11-18(6-2)13-20(22)25/h7-13,16-17H,5-6,14-15H2,1-4H3,(H,27,30)/t16-,17+/m1/s1. The molecule has 0 spiro atoms. The minimum absolute atomic E-state index is 0.0235. The Balaban J connectivity index is 2.19. The van der Waals surface area contributed by atoms with E-state index in [9.17, 15) is 14.0 Å². The number of hydrogen-bond acceptors (Lipinski definition) is 3. The summed E-state index contributed by atoms with van der Waals surface area (Å²) >= 11 is 3.46. The lowest BCUT2D eigenvalue weighted by Gasteiger charge is -2.29. The van der Waals surface area contributed by atoms with Gasteiger partial charge in [-0.1, -0.05) is 38.1 Å². The number of benzene rings is 2. The first kappa shape index (κ1) is 24.9. The molecule has 2 atom stereocenters. The first-order valence-corrected chi connectivity index (χ1v) is 11.3. The van der Waals surface area contributed by atoms with E-state index in [2.05, 4.69) is 28.2 Å². The Morgan fingerprint density at radius 1 is 1.16 bits per heavy atom. The number of nitrogens with zero attached hydrogens (tertiary/aromatic N) is 1. The lowest BCUT2D eigenvalue weighted by Crippen LogP contribution is -2.50. The second kappa shape index (κ2) is 11.8. The highest BCUT2D eigenvalue weighted by molar-refractivity contribution is 9.10. The van der Waals surface area contributed by atoms with Crippen molar-refractivity contribution in [2.24, 2.45) is 0 Å². The molecule has 31 heavy (non-hydrogen) atoms. The maximum Gasteiger partial charge on any atom is 0.261 e. The van der Waals surface area contributed by atoms with Crippen LogP contribution in [0.1, 0.15) is 45.2 Å². The van der Waals surface area contributed by atoms with Gasteiger partial charge in [-0.05, 0) is 66.4 Å². The Hall–Kier alpha value is -2.41. The van der Waals surface area contributed by atoms with Gasteiger partial charge in [0.1, 0.15) is 17.6 Å². The fourth-order valence-corrected chi connectivity index (χ4v) is 3.50. The summed E-state index contributed by atoms with van der Waals surface area (Å²) in [6.45, 7) is 7.27. The SMILES string of the molecule is CCc1ccc(OCC(=O)N(Cc2ccccc2F)[C@@H](C)C(=O)N[C@H](C)CC)c(Br)c1. The topological polar surface area (TPSA) is 58.6 Å². The molecule has 2 aromatic rings. The number of carbonyl (C=O) groups is 2. The van der Waals surface area contributed by atoms with Crippen LogP contribution in [0.5, 0.6) is 5.75 Å². The average Bonchev–Trinajstić information content (AvgIpc) is 2.76. The van der Waals surface area contributed by atoms with E-state index in [1.807, 2.05) is 26.0 Å². The highest BCUT2D eigenvalue weighted by atomic mass is 79.9. The molecule has 0 saturated carbocycles. The monoisotopic (exact) mass is 492 g/mol. The van der Waals surface area contributed by atoms with E-state index in [0.29, 0.717) is 11.3 Å². The van der Waals surface area contributed by atoms with Crippen molar-refractivity contribution in [2.45, 2.75) is 59.2 Å². The molecule has 0 bridgehead atoms. The van der Waals surface area contributed by atoms with Crippen LogP contribution in [-0.2, 0) is 22.6 Å². The van der Waals surface area contributed by atoms with E-state index in [1.54, 1.807) is 31.2 Å². The van der Waals surface area contributed by atoms with Crippen LogP contribution in [-0.4, -0.2) is 35.4 Å². The molecular formula is C24H30BrFN2O3. The van der Waals surface area contributed by atoms with Gasteiger partial charge in [0.2, 0.25) is 5.91 Å². The molecule has 168 valence electrons. The predicted octanol–water partition coefficient (Wildman–Crippen LogP) is 4.86. The smallest absolute Gasteiger partial charge is 0.261 e. The van der Waals surface area contributed by atoms with Crippen molar-refractivity contribution in [3.05, 3.63) is 63.9 Å². The average molecular weight is 493 g/mol. The molecule has 0 unspecified atom stereocenters. The van der Waals surface area contributed by atoms with Crippen molar-refractivity contribution in [2.75, 3.05) is 6.61 Å². The van der Waals surface area contributed by atoms with Gasteiger partial charge in [0.15, 0.2) is 6.61 Å². The summed E-state index contributed by atoms with van der Waals surface area (Å²) in [6.07, 6.45) is 1.65. The van der Waals surface area contributed by atoms with Gasteiger partial charge >= 0.3 is 0 Å².